The molecule has 0 unspecified atom stereocenters. The maximum atomic E-state index is 12.8. The molecular weight excluding hydrogens is 370 g/mol. The lowest BCUT2D eigenvalue weighted by molar-refractivity contribution is 0.0939. The van der Waals surface area contributed by atoms with Crippen LogP contribution in [0.4, 0.5) is 0 Å². The highest BCUT2D eigenvalue weighted by molar-refractivity contribution is 5.93. The number of nitrogens with zero attached hydrogens (tertiary/aromatic N) is 2. The summed E-state index contributed by atoms with van der Waals surface area (Å²) < 4.78 is 1.85. The van der Waals surface area contributed by atoms with E-state index in [4.69, 9.17) is 0 Å². The van der Waals surface area contributed by atoms with Crippen molar-refractivity contribution in [2.75, 3.05) is 6.54 Å². The van der Waals surface area contributed by atoms with E-state index in [1.165, 1.54) is 35.1 Å². The summed E-state index contributed by atoms with van der Waals surface area (Å²) in [7, 11) is 0. The topological polar surface area (TPSA) is 46.9 Å². The lowest BCUT2D eigenvalue weighted by Crippen LogP contribution is -2.30. The Morgan fingerprint density at radius 1 is 1.03 bits per heavy atom. The van der Waals surface area contributed by atoms with E-state index in [0.29, 0.717) is 18.2 Å². The van der Waals surface area contributed by atoms with Crippen LogP contribution < -0.4 is 5.32 Å². The molecule has 4 heteroatoms. The molecule has 3 rings (SSSR count). The number of imidazole rings is 1. The molecule has 1 amide bonds. The second-order valence-corrected chi connectivity index (χ2v) is 8.20. The van der Waals surface area contributed by atoms with E-state index in [1.807, 2.05) is 16.7 Å². The molecule has 0 bridgehead atoms. The fourth-order valence-corrected chi connectivity index (χ4v) is 3.90. The number of benzene rings is 2. The Balaban J connectivity index is 1.73. The second kappa shape index (κ2) is 10.2. The van der Waals surface area contributed by atoms with Gasteiger partial charge in [-0.05, 0) is 49.4 Å². The minimum atomic E-state index is -0.0687. The summed E-state index contributed by atoms with van der Waals surface area (Å²) in [5.74, 6) is 0.461. The fraction of sp³-hybridized carbons (Fsp3) is 0.385. The van der Waals surface area contributed by atoms with E-state index in [-0.39, 0.29) is 5.91 Å². The molecule has 0 saturated carbocycles. The first kappa shape index (κ1) is 21.8. The number of carbonyl (C=O) groups excluding carboxylic acids is 1. The molecule has 0 spiro atoms. The number of hydrogen-bond donors (Lipinski definition) is 1. The first-order chi connectivity index (χ1) is 14.5. The Labute approximate surface area is 180 Å². The molecule has 0 aliphatic carbocycles. The molecule has 2 aromatic carbocycles. The third-order valence-corrected chi connectivity index (χ3v) is 5.67. The summed E-state index contributed by atoms with van der Waals surface area (Å²) in [4.78, 5) is 17.0. The van der Waals surface area contributed by atoms with E-state index in [1.54, 1.807) is 12.5 Å². The molecule has 0 radical (unpaired) electrons. The highest BCUT2D eigenvalue weighted by Gasteiger charge is 2.15. The molecule has 0 aliphatic heterocycles. The van der Waals surface area contributed by atoms with Crippen molar-refractivity contribution in [3.8, 4) is 16.8 Å². The minimum absolute atomic E-state index is 0.0687. The van der Waals surface area contributed by atoms with E-state index in [9.17, 15) is 4.79 Å². The van der Waals surface area contributed by atoms with Gasteiger partial charge in [0.25, 0.3) is 5.91 Å². The number of rotatable bonds is 9. The molecule has 1 aromatic heterocycles. The Bertz CT molecular complexity index is 952. The number of unbranched alkanes of at least 4 members (excludes halogenated alkanes) is 1. The summed E-state index contributed by atoms with van der Waals surface area (Å²) in [6.07, 6.45) is 7.98. The predicted octanol–water partition coefficient (Wildman–Crippen LogP) is 6.10. The van der Waals surface area contributed by atoms with Crippen LogP contribution in [-0.2, 0) is 0 Å². The number of hydrogen-bond acceptors (Lipinski definition) is 2. The van der Waals surface area contributed by atoms with Gasteiger partial charge in [0.1, 0.15) is 5.69 Å². The van der Waals surface area contributed by atoms with Crippen molar-refractivity contribution in [3.63, 3.8) is 0 Å². The van der Waals surface area contributed by atoms with Crippen molar-refractivity contribution >= 4 is 5.91 Å². The zero-order valence-corrected chi connectivity index (χ0v) is 18.6. The van der Waals surface area contributed by atoms with Gasteiger partial charge in [-0.1, -0.05) is 74.6 Å². The maximum Gasteiger partial charge on any atom is 0.269 e. The highest BCUT2D eigenvalue weighted by Crippen LogP contribution is 2.24. The van der Waals surface area contributed by atoms with Gasteiger partial charge in [0, 0.05) is 12.2 Å². The van der Waals surface area contributed by atoms with Crippen LogP contribution in [0, 0.1) is 19.8 Å². The number of nitrogens with one attached hydrogen (secondary N) is 1. The number of amides is 1. The Kier molecular flexibility index (Phi) is 7.45. The van der Waals surface area contributed by atoms with Gasteiger partial charge < -0.3 is 5.32 Å². The van der Waals surface area contributed by atoms with E-state index in [0.717, 1.165) is 18.5 Å². The van der Waals surface area contributed by atoms with Gasteiger partial charge in [-0.2, -0.15) is 0 Å². The van der Waals surface area contributed by atoms with Crippen molar-refractivity contribution in [3.05, 3.63) is 71.8 Å². The van der Waals surface area contributed by atoms with E-state index in [2.05, 4.69) is 68.3 Å². The van der Waals surface area contributed by atoms with Crippen LogP contribution in [0.25, 0.3) is 16.8 Å². The molecule has 1 N–H and O–H groups in total. The smallest absolute Gasteiger partial charge is 0.269 e. The number of aryl methyl sites for hydroxylation is 2. The lowest BCUT2D eigenvalue weighted by atomic mass is 9.99. The molecule has 30 heavy (non-hydrogen) atoms. The van der Waals surface area contributed by atoms with Gasteiger partial charge in [-0.15, -0.1) is 0 Å². The Morgan fingerprint density at radius 3 is 2.37 bits per heavy atom. The van der Waals surface area contributed by atoms with Crippen LogP contribution in [-0.4, -0.2) is 22.0 Å². The molecule has 3 aromatic rings. The van der Waals surface area contributed by atoms with Gasteiger partial charge >= 0.3 is 0 Å². The summed E-state index contributed by atoms with van der Waals surface area (Å²) in [5.41, 5.74) is 6.39. The number of aromatic nitrogens is 2. The van der Waals surface area contributed by atoms with Gasteiger partial charge in [0.2, 0.25) is 0 Å². The fourth-order valence-electron chi connectivity index (χ4n) is 3.90. The third kappa shape index (κ3) is 5.38. The zero-order chi connectivity index (χ0) is 21.5. The third-order valence-electron chi connectivity index (χ3n) is 5.67. The van der Waals surface area contributed by atoms with Crippen LogP contribution >= 0.6 is 0 Å². The van der Waals surface area contributed by atoms with Crippen molar-refractivity contribution in [1.82, 2.24) is 14.9 Å². The molecule has 0 fully saturated rings. The molecule has 0 aliphatic rings. The standard InChI is InChI=1S/C26H33N3O/c1-5-7-8-21(6-2)16-28-26(30)25-17-27-18-29(25)24-11-9-22(10-12-24)23-14-19(3)13-20(4)15-23/h9-15,17-18,21H,5-8,16H2,1-4H3,(H,28,30)/t21-/m0/s1. The molecule has 158 valence electrons. The van der Waals surface area contributed by atoms with Crippen molar-refractivity contribution < 1.29 is 4.79 Å². The largest absolute Gasteiger partial charge is 0.350 e. The SMILES string of the molecule is CCCC[C@H](CC)CNC(=O)c1cncn1-c1ccc(-c2cc(C)cc(C)c2)cc1. The Hall–Kier alpha value is -2.88. The number of carbonyl (C=O) groups is 1. The maximum absolute atomic E-state index is 12.8. The van der Waals surface area contributed by atoms with Gasteiger partial charge in [0.15, 0.2) is 0 Å². The van der Waals surface area contributed by atoms with Crippen molar-refractivity contribution in [1.29, 1.82) is 0 Å². The summed E-state index contributed by atoms with van der Waals surface area (Å²) >= 11 is 0. The molecular formula is C26H33N3O. The normalized spacial score (nSPS) is 12.0. The zero-order valence-electron chi connectivity index (χ0n) is 18.6. The van der Waals surface area contributed by atoms with Crippen LogP contribution in [0.1, 0.15) is 61.1 Å². The van der Waals surface area contributed by atoms with Gasteiger partial charge in [-0.3, -0.25) is 9.36 Å². The lowest BCUT2D eigenvalue weighted by Gasteiger charge is -2.16. The van der Waals surface area contributed by atoms with Gasteiger partial charge in [0.05, 0.1) is 12.5 Å². The summed E-state index contributed by atoms with van der Waals surface area (Å²) in [5, 5.41) is 3.11. The molecule has 4 nitrogen and oxygen atoms in total. The molecule has 1 heterocycles. The minimum Gasteiger partial charge on any atom is -0.350 e. The van der Waals surface area contributed by atoms with E-state index < -0.39 is 0 Å². The van der Waals surface area contributed by atoms with E-state index >= 15 is 0 Å². The Morgan fingerprint density at radius 2 is 1.73 bits per heavy atom. The van der Waals surface area contributed by atoms with Crippen LogP contribution in [0.2, 0.25) is 0 Å². The first-order valence-electron chi connectivity index (χ1n) is 11.0. The first-order valence-corrected chi connectivity index (χ1v) is 11.0. The summed E-state index contributed by atoms with van der Waals surface area (Å²) in [6, 6.07) is 14.9. The second-order valence-electron chi connectivity index (χ2n) is 8.20. The van der Waals surface area contributed by atoms with Gasteiger partial charge in [-0.25, -0.2) is 4.98 Å². The highest BCUT2D eigenvalue weighted by atomic mass is 16.1. The monoisotopic (exact) mass is 403 g/mol. The van der Waals surface area contributed by atoms with Crippen LogP contribution in [0.5, 0.6) is 0 Å². The van der Waals surface area contributed by atoms with Crippen molar-refractivity contribution in [2.45, 2.75) is 53.4 Å². The van der Waals surface area contributed by atoms with Crippen molar-refractivity contribution in [2.24, 2.45) is 5.92 Å². The average molecular weight is 404 g/mol. The molecule has 0 saturated heterocycles. The predicted molar refractivity (Wildman–Crippen MR) is 124 cm³/mol. The van der Waals surface area contributed by atoms with Crippen LogP contribution in [0.15, 0.2) is 55.0 Å². The summed E-state index contributed by atoms with van der Waals surface area (Å²) in [6.45, 7) is 9.34. The molecule has 1 atom stereocenters. The van der Waals surface area contributed by atoms with Crippen LogP contribution in [0.3, 0.4) is 0 Å². The quantitative estimate of drug-likeness (QED) is 0.469. The average Bonchev–Trinajstić information content (AvgIpc) is 3.23.